The third-order valence-corrected chi connectivity index (χ3v) is 4.04. The lowest BCUT2D eigenvalue weighted by Gasteiger charge is -2.29. The highest BCUT2D eigenvalue weighted by Crippen LogP contribution is 2.42. The second-order valence-electron chi connectivity index (χ2n) is 6.69. The van der Waals surface area contributed by atoms with Gasteiger partial charge in [-0.2, -0.15) is 0 Å². The van der Waals surface area contributed by atoms with Crippen LogP contribution in [0.15, 0.2) is 6.33 Å². The van der Waals surface area contributed by atoms with Crippen molar-refractivity contribution in [2.24, 2.45) is 5.92 Å². The van der Waals surface area contributed by atoms with Gasteiger partial charge in [-0.05, 0) is 44.9 Å². The summed E-state index contributed by atoms with van der Waals surface area (Å²) in [6, 6.07) is 0. The molecule has 1 saturated carbocycles. The summed E-state index contributed by atoms with van der Waals surface area (Å²) in [4.78, 5) is 8.93. The molecule has 1 fully saturated rings. The molecule has 0 spiro atoms. The van der Waals surface area contributed by atoms with Gasteiger partial charge in [-0.3, -0.25) is 0 Å². The standard InChI is InChI=1S/C16H28N4/c1-6-9-17-14-13(11(2)3)15(19-10-18-14)20-16(4,5)12-7-8-12/h10-12H,6-9H2,1-5H3,(H2,17,18,19,20). The second-order valence-corrected chi connectivity index (χ2v) is 6.69. The lowest BCUT2D eigenvalue weighted by Crippen LogP contribution is -2.34. The Bertz CT molecular complexity index is 450. The summed E-state index contributed by atoms with van der Waals surface area (Å²) in [5.41, 5.74) is 1.31. The van der Waals surface area contributed by atoms with Crippen LogP contribution in [0.3, 0.4) is 0 Å². The summed E-state index contributed by atoms with van der Waals surface area (Å²) in [5, 5.41) is 7.08. The summed E-state index contributed by atoms with van der Waals surface area (Å²) in [5.74, 6) is 3.13. The fourth-order valence-corrected chi connectivity index (χ4v) is 2.64. The zero-order chi connectivity index (χ0) is 14.8. The average molecular weight is 276 g/mol. The van der Waals surface area contributed by atoms with Gasteiger partial charge < -0.3 is 10.6 Å². The molecular formula is C16H28N4. The van der Waals surface area contributed by atoms with Gasteiger partial charge >= 0.3 is 0 Å². The summed E-state index contributed by atoms with van der Waals surface area (Å²) >= 11 is 0. The van der Waals surface area contributed by atoms with Gasteiger partial charge in [0.2, 0.25) is 0 Å². The number of anilines is 2. The van der Waals surface area contributed by atoms with Crippen molar-refractivity contribution >= 4 is 11.6 Å². The number of nitrogens with zero attached hydrogens (tertiary/aromatic N) is 2. The van der Waals surface area contributed by atoms with Crippen molar-refractivity contribution in [1.82, 2.24) is 9.97 Å². The molecule has 4 heteroatoms. The monoisotopic (exact) mass is 276 g/mol. The molecule has 1 aliphatic carbocycles. The van der Waals surface area contributed by atoms with E-state index < -0.39 is 0 Å². The highest BCUT2D eigenvalue weighted by molar-refractivity contribution is 5.60. The average Bonchev–Trinajstić information content (AvgIpc) is 3.20. The molecule has 0 bridgehead atoms. The van der Waals surface area contributed by atoms with Gasteiger partial charge in [-0.1, -0.05) is 20.8 Å². The van der Waals surface area contributed by atoms with Crippen molar-refractivity contribution in [1.29, 1.82) is 0 Å². The van der Waals surface area contributed by atoms with E-state index in [4.69, 9.17) is 0 Å². The van der Waals surface area contributed by atoms with Crippen molar-refractivity contribution in [2.45, 2.75) is 65.3 Å². The summed E-state index contributed by atoms with van der Waals surface area (Å²) < 4.78 is 0. The number of rotatable bonds is 7. The Morgan fingerprint density at radius 2 is 1.90 bits per heavy atom. The number of hydrogen-bond acceptors (Lipinski definition) is 4. The van der Waals surface area contributed by atoms with Gasteiger partial charge in [-0.15, -0.1) is 0 Å². The Kier molecular flexibility index (Phi) is 4.51. The minimum absolute atomic E-state index is 0.111. The SMILES string of the molecule is CCCNc1ncnc(NC(C)(C)C2CC2)c1C(C)C. The molecule has 1 aromatic rings. The molecule has 0 unspecified atom stereocenters. The summed E-state index contributed by atoms with van der Waals surface area (Å²) in [7, 11) is 0. The fraction of sp³-hybridized carbons (Fsp3) is 0.750. The Balaban J connectivity index is 2.26. The summed E-state index contributed by atoms with van der Waals surface area (Å²) in [6.45, 7) is 12.1. The highest BCUT2D eigenvalue weighted by atomic mass is 15.1. The molecule has 0 saturated heterocycles. The first-order chi connectivity index (χ1) is 9.45. The smallest absolute Gasteiger partial charge is 0.135 e. The van der Waals surface area contributed by atoms with Gasteiger partial charge in [0.15, 0.2) is 0 Å². The van der Waals surface area contributed by atoms with Crippen LogP contribution >= 0.6 is 0 Å². The Morgan fingerprint density at radius 1 is 1.25 bits per heavy atom. The fourth-order valence-electron chi connectivity index (χ4n) is 2.64. The van der Waals surface area contributed by atoms with Crippen LogP contribution in [-0.4, -0.2) is 22.1 Å². The van der Waals surface area contributed by atoms with Crippen molar-refractivity contribution < 1.29 is 0 Å². The minimum atomic E-state index is 0.111. The molecule has 1 aromatic heterocycles. The molecule has 20 heavy (non-hydrogen) atoms. The Morgan fingerprint density at radius 3 is 2.45 bits per heavy atom. The molecule has 2 N–H and O–H groups in total. The first-order valence-electron chi connectivity index (χ1n) is 7.82. The van der Waals surface area contributed by atoms with Gasteiger partial charge in [-0.25, -0.2) is 9.97 Å². The Hall–Kier alpha value is -1.32. The van der Waals surface area contributed by atoms with E-state index in [1.54, 1.807) is 6.33 Å². The van der Waals surface area contributed by atoms with Crippen LogP contribution < -0.4 is 10.6 Å². The van der Waals surface area contributed by atoms with Gasteiger partial charge in [0.1, 0.15) is 18.0 Å². The lowest BCUT2D eigenvalue weighted by molar-refractivity contribution is 0.491. The van der Waals surface area contributed by atoms with E-state index in [1.165, 1.54) is 18.4 Å². The number of nitrogens with one attached hydrogen (secondary N) is 2. The molecule has 0 aromatic carbocycles. The van der Waals surface area contributed by atoms with E-state index in [2.05, 4.69) is 55.2 Å². The molecule has 112 valence electrons. The van der Waals surface area contributed by atoms with Crippen LogP contribution in [0.5, 0.6) is 0 Å². The van der Waals surface area contributed by atoms with Gasteiger partial charge in [0, 0.05) is 17.6 Å². The van der Waals surface area contributed by atoms with Crippen molar-refractivity contribution in [2.75, 3.05) is 17.2 Å². The predicted molar refractivity (Wildman–Crippen MR) is 85.3 cm³/mol. The molecule has 0 amide bonds. The van der Waals surface area contributed by atoms with Crippen molar-refractivity contribution in [3.8, 4) is 0 Å². The van der Waals surface area contributed by atoms with Crippen LogP contribution in [0, 0.1) is 5.92 Å². The molecule has 0 atom stereocenters. The summed E-state index contributed by atoms with van der Waals surface area (Å²) in [6.07, 6.45) is 5.40. The maximum absolute atomic E-state index is 4.50. The lowest BCUT2D eigenvalue weighted by atomic mass is 9.97. The van der Waals surface area contributed by atoms with E-state index in [1.807, 2.05) is 0 Å². The van der Waals surface area contributed by atoms with E-state index in [-0.39, 0.29) is 5.54 Å². The second kappa shape index (κ2) is 5.98. The molecule has 0 radical (unpaired) electrons. The molecule has 0 aliphatic heterocycles. The van der Waals surface area contributed by atoms with E-state index in [0.717, 1.165) is 30.5 Å². The number of hydrogen-bond donors (Lipinski definition) is 2. The van der Waals surface area contributed by atoms with E-state index in [0.29, 0.717) is 5.92 Å². The van der Waals surface area contributed by atoms with E-state index in [9.17, 15) is 0 Å². The van der Waals surface area contributed by atoms with Gasteiger partial charge in [0.25, 0.3) is 0 Å². The topological polar surface area (TPSA) is 49.8 Å². The normalized spacial score (nSPS) is 15.5. The van der Waals surface area contributed by atoms with Crippen molar-refractivity contribution in [3.05, 3.63) is 11.9 Å². The Labute approximate surface area is 122 Å². The first kappa shape index (κ1) is 15.1. The maximum atomic E-state index is 4.50. The predicted octanol–water partition coefficient (Wildman–Crippen LogP) is 4.02. The first-order valence-corrected chi connectivity index (χ1v) is 7.82. The van der Waals surface area contributed by atoms with Crippen LogP contribution in [0.1, 0.15) is 65.4 Å². The molecule has 1 heterocycles. The van der Waals surface area contributed by atoms with Crippen LogP contribution in [-0.2, 0) is 0 Å². The third kappa shape index (κ3) is 3.41. The van der Waals surface area contributed by atoms with E-state index >= 15 is 0 Å². The molecule has 4 nitrogen and oxygen atoms in total. The highest BCUT2D eigenvalue weighted by Gasteiger charge is 2.38. The van der Waals surface area contributed by atoms with Crippen LogP contribution in [0.2, 0.25) is 0 Å². The zero-order valence-corrected chi connectivity index (χ0v) is 13.5. The minimum Gasteiger partial charge on any atom is -0.370 e. The maximum Gasteiger partial charge on any atom is 0.135 e. The van der Waals surface area contributed by atoms with Gasteiger partial charge in [0.05, 0.1) is 0 Å². The third-order valence-electron chi connectivity index (χ3n) is 4.04. The van der Waals surface area contributed by atoms with Crippen molar-refractivity contribution in [3.63, 3.8) is 0 Å². The molecule has 2 rings (SSSR count). The zero-order valence-electron chi connectivity index (χ0n) is 13.5. The van der Waals surface area contributed by atoms with Crippen LogP contribution in [0.25, 0.3) is 0 Å². The largest absolute Gasteiger partial charge is 0.370 e. The number of aromatic nitrogens is 2. The quantitative estimate of drug-likeness (QED) is 0.789. The molecular weight excluding hydrogens is 248 g/mol. The molecule has 1 aliphatic rings. The van der Waals surface area contributed by atoms with Crippen LogP contribution in [0.4, 0.5) is 11.6 Å².